The molecule has 16 rings (SSSR count). The van der Waals surface area contributed by atoms with Gasteiger partial charge in [0, 0.05) is 70.8 Å². The van der Waals surface area contributed by atoms with Crippen molar-refractivity contribution in [2.75, 3.05) is 27.8 Å². The van der Waals surface area contributed by atoms with Gasteiger partial charge >= 0.3 is 0 Å². The lowest BCUT2D eigenvalue weighted by atomic mass is 9.30. The van der Waals surface area contributed by atoms with E-state index >= 15 is 0 Å². The van der Waals surface area contributed by atoms with Crippen molar-refractivity contribution in [2.24, 2.45) is 0 Å². The number of hydrogen-bond donors (Lipinski definition) is 0. The van der Waals surface area contributed by atoms with Crippen LogP contribution < -0.4 is 52.2 Å². The number of rotatable bonds is 3. The van der Waals surface area contributed by atoms with E-state index < -0.39 is 0 Å². The largest absolute Gasteiger partial charge is 0.458 e. The molecular formula is C62H51B2N3O. The van der Waals surface area contributed by atoms with Crippen molar-refractivity contribution in [1.29, 1.82) is 0 Å². The van der Waals surface area contributed by atoms with Gasteiger partial charge in [0.15, 0.2) is 0 Å². The van der Waals surface area contributed by atoms with Crippen LogP contribution in [0, 0.1) is 0 Å². The second kappa shape index (κ2) is 14.3. The highest BCUT2D eigenvalue weighted by molar-refractivity contribution is 7.02. The lowest BCUT2D eigenvalue weighted by Gasteiger charge is -2.47. The van der Waals surface area contributed by atoms with E-state index in [0.717, 1.165) is 69.5 Å². The third-order valence-electron chi connectivity index (χ3n) is 17.6. The van der Waals surface area contributed by atoms with Gasteiger partial charge in [0.25, 0.3) is 13.4 Å². The summed E-state index contributed by atoms with van der Waals surface area (Å²) in [7, 11) is 0. The van der Waals surface area contributed by atoms with Gasteiger partial charge in [-0.1, -0.05) is 109 Å². The van der Waals surface area contributed by atoms with Crippen molar-refractivity contribution < 1.29 is 4.74 Å². The Morgan fingerprint density at radius 2 is 0.956 bits per heavy atom. The van der Waals surface area contributed by atoms with Crippen LogP contribution in [0.25, 0.3) is 0 Å². The quantitative estimate of drug-likeness (QED) is 0.165. The predicted octanol–water partition coefficient (Wildman–Crippen LogP) is 10.3. The number of para-hydroxylation sites is 3. The number of anilines is 7. The van der Waals surface area contributed by atoms with Crippen LogP contribution >= 0.6 is 0 Å². The minimum atomic E-state index is 0.0654. The summed E-state index contributed by atoms with van der Waals surface area (Å²) in [6.45, 7) is 2.21. The average Bonchev–Trinajstić information content (AvgIpc) is 3.40. The van der Waals surface area contributed by atoms with Crippen molar-refractivity contribution in [1.82, 2.24) is 0 Å². The van der Waals surface area contributed by atoms with Crippen molar-refractivity contribution >= 4 is 86.0 Å². The molecule has 0 spiro atoms. The molecule has 0 N–H and O–H groups in total. The molecule has 2 atom stereocenters. The van der Waals surface area contributed by atoms with E-state index in [0.29, 0.717) is 11.8 Å². The highest BCUT2D eigenvalue weighted by Gasteiger charge is 2.49. The summed E-state index contributed by atoms with van der Waals surface area (Å²) in [5, 5.41) is 0. The van der Waals surface area contributed by atoms with Crippen molar-refractivity contribution in [3.05, 3.63) is 196 Å². The SMILES string of the molecule is c1ccc(N2c3cc4c(cc3B3c5cccc6c5N(CCC6)c5cc(C6CCCc7ccccc76)cc2c53)B2c3cccc5c3N(CCC5)c3cc(C5CCCc6ccccc65)cc(c32)O4)cc1. The Hall–Kier alpha value is -6.91. The minimum Gasteiger partial charge on any atom is -0.458 e. The summed E-state index contributed by atoms with van der Waals surface area (Å²) < 4.78 is 7.57. The van der Waals surface area contributed by atoms with Gasteiger partial charge in [0.2, 0.25) is 0 Å². The molecule has 8 aromatic rings. The summed E-state index contributed by atoms with van der Waals surface area (Å²) in [4.78, 5) is 8.03. The maximum absolute atomic E-state index is 7.57. The zero-order valence-electron chi connectivity index (χ0n) is 38.5. The Morgan fingerprint density at radius 1 is 0.412 bits per heavy atom. The van der Waals surface area contributed by atoms with E-state index in [1.54, 1.807) is 0 Å². The van der Waals surface area contributed by atoms with Crippen molar-refractivity contribution in [3.63, 3.8) is 0 Å². The van der Waals surface area contributed by atoms with E-state index in [1.807, 2.05) is 0 Å². The van der Waals surface area contributed by atoms with Crippen LogP contribution in [0.3, 0.4) is 0 Å². The van der Waals surface area contributed by atoms with Crippen LogP contribution in [0.15, 0.2) is 152 Å². The van der Waals surface area contributed by atoms with Crippen LogP contribution in [0.5, 0.6) is 11.5 Å². The molecule has 0 bridgehead atoms. The number of ether oxygens (including phenoxy) is 1. The third kappa shape index (κ3) is 5.24. The molecule has 326 valence electrons. The maximum atomic E-state index is 7.57. The molecule has 2 unspecified atom stereocenters. The molecule has 8 aromatic carbocycles. The van der Waals surface area contributed by atoms with Gasteiger partial charge in [-0.2, -0.15) is 0 Å². The molecule has 2 aliphatic carbocycles. The Morgan fingerprint density at radius 3 is 1.62 bits per heavy atom. The molecular weight excluding hydrogens is 824 g/mol. The van der Waals surface area contributed by atoms with Gasteiger partial charge in [0.05, 0.1) is 0 Å². The molecule has 0 fully saturated rings. The van der Waals surface area contributed by atoms with Crippen LogP contribution in [0.4, 0.5) is 39.8 Å². The third-order valence-corrected chi connectivity index (χ3v) is 17.6. The molecule has 0 saturated heterocycles. The topological polar surface area (TPSA) is 19.0 Å². The predicted molar refractivity (Wildman–Crippen MR) is 283 cm³/mol. The molecule has 6 heterocycles. The molecule has 0 aromatic heterocycles. The van der Waals surface area contributed by atoms with Gasteiger partial charge < -0.3 is 19.4 Å². The van der Waals surface area contributed by atoms with Crippen LogP contribution in [-0.2, 0) is 25.7 Å². The maximum Gasteiger partial charge on any atom is 0.256 e. The Kier molecular flexibility index (Phi) is 8.02. The van der Waals surface area contributed by atoms with Crippen LogP contribution in [-0.4, -0.2) is 26.5 Å². The summed E-state index contributed by atoms with van der Waals surface area (Å²) in [5.74, 6) is 2.73. The molecule has 68 heavy (non-hydrogen) atoms. The fourth-order valence-electron chi connectivity index (χ4n) is 14.9. The van der Waals surface area contributed by atoms with E-state index in [1.165, 1.54) is 136 Å². The van der Waals surface area contributed by atoms with E-state index in [9.17, 15) is 0 Å². The standard InChI is InChI=1S/C62H51B2N3O/c1-2-22-44(23-3-1)67-53-37-57-52(64-50-29-11-19-41-21-13-31-66(62(41)50)55-33-43(35-58(68-57)60(55)64)48-27-9-17-39-15-5-7-25-46(39)48)36-51(53)63-49-28-10-18-40-20-12-30-65(61(40)49)54-32-42(34-56(67)59(54)63)47-26-8-16-38-14-4-6-24-45(38)47/h1-7,10-11,14-15,18-19,22-25,28-29,32-37,47-48H,8-9,12-13,16-17,20-21,26-27,30-31H2. The molecule has 0 amide bonds. The van der Waals surface area contributed by atoms with E-state index in [4.69, 9.17) is 4.74 Å². The van der Waals surface area contributed by atoms with Gasteiger partial charge in [0.1, 0.15) is 11.5 Å². The summed E-state index contributed by atoms with van der Waals surface area (Å²) in [6, 6.07) is 59.4. The molecule has 4 nitrogen and oxygen atoms in total. The smallest absolute Gasteiger partial charge is 0.256 e. The van der Waals surface area contributed by atoms with Crippen molar-refractivity contribution in [3.8, 4) is 11.5 Å². The van der Waals surface area contributed by atoms with Crippen molar-refractivity contribution in [2.45, 2.75) is 76.0 Å². The monoisotopic (exact) mass is 875 g/mol. The lowest BCUT2D eigenvalue weighted by Crippen LogP contribution is -2.65. The first kappa shape index (κ1) is 38.1. The summed E-state index contributed by atoms with van der Waals surface area (Å²) >= 11 is 0. The van der Waals surface area contributed by atoms with Gasteiger partial charge in [-0.25, -0.2) is 0 Å². The second-order valence-corrected chi connectivity index (χ2v) is 21.0. The fraction of sp³-hybridized carbons (Fsp3) is 0.226. The fourth-order valence-corrected chi connectivity index (χ4v) is 14.9. The number of nitrogens with zero attached hydrogens (tertiary/aromatic N) is 3. The molecule has 8 aliphatic rings. The first-order valence-corrected chi connectivity index (χ1v) is 25.7. The van der Waals surface area contributed by atoms with Gasteiger partial charge in [-0.3, -0.25) is 0 Å². The number of fused-ring (bicyclic) bond motifs is 10. The molecule has 6 heteroatoms. The summed E-state index contributed by atoms with van der Waals surface area (Å²) in [6.07, 6.45) is 11.6. The van der Waals surface area contributed by atoms with Crippen LogP contribution in [0.1, 0.15) is 94.9 Å². The number of aryl methyl sites for hydroxylation is 4. The summed E-state index contributed by atoms with van der Waals surface area (Å²) in [5.41, 5.74) is 29.5. The van der Waals surface area contributed by atoms with E-state index in [-0.39, 0.29) is 13.4 Å². The second-order valence-electron chi connectivity index (χ2n) is 21.0. The van der Waals surface area contributed by atoms with E-state index in [2.05, 4.69) is 166 Å². The number of hydrogen-bond acceptors (Lipinski definition) is 4. The first-order chi connectivity index (χ1) is 33.7. The Balaban J connectivity index is 0.962. The average molecular weight is 876 g/mol. The van der Waals surface area contributed by atoms with Crippen LogP contribution in [0.2, 0.25) is 0 Å². The Bertz CT molecular complexity index is 3470. The molecule has 0 radical (unpaired) electrons. The van der Waals surface area contributed by atoms with Gasteiger partial charge in [-0.05, 0) is 178 Å². The lowest BCUT2D eigenvalue weighted by molar-refractivity contribution is 0.485. The minimum absolute atomic E-state index is 0.0654. The zero-order chi connectivity index (χ0) is 44.2. The normalized spacial score (nSPS) is 19.3. The highest BCUT2D eigenvalue weighted by Crippen LogP contribution is 2.50. The Labute approximate surface area is 400 Å². The first-order valence-electron chi connectivity index (χ1n) is 25.7. The number of benzene rings is 8. The van der Waals surface area contributed by atoms with Gasteiger partial charge in [-0.15, -0.1) is 0 Å². The zero-order valence-corrected chi connectivity index (χ0v) is 38.5. The molecule has 0 saturated carbocycles. The highest BCUT2D eigenvalue weighted by atomic mass is 16.5. The molecule has 6 aliphatic heterocycles.